The molecule has 0 amide bonds. The Bertz CT molecular complexity index is 280. The zero-order chi connectivity index (χ0) is 11.8. The van der Waals surface area contributed by atoms with Crippen LogP contribution in [0.25, 0.3) is 0 Å². The van der Waals surface area contributed by atoms with E-state index in [1.165, 1.54) is 37.9 Å². The van der Waals surface area contributed by atoms with Gasteiger partial charge in [-0.2, -0.15) is 5.10 Å². The fourth-order valence-corrected chi connectivity index (χ4v) is 1.88. The van der Waals surface area contributed by atoms with E-state index in [1.54, 1.807) is 0 Å². The second-order valence-corrected chi connectivity index (χ2v) is 4.33. The van der Waals surface area contributed by atoms with Crippen molar-refractivity contribution in [3.63, 3.8) is 0 Å². The third kappa shape index (κ3) is 3.87. The highest BCUT2D eigenvalue weighted by Crippen LogP contribution is 2.13. The smallest absolute Gasteiger partial charge is 0.124 e. The van der Waals surface area contributed by atoms with E-state index in [0.29, 0.717) is 6.04 Å². The number of aryl methyl sites for hydroxylation is 1. The molecule has 1 heterocycles. The molecule has 0 bridgehead atoms. The van der Waals surface area contributed by atoms with Gasteiger partial charge in [-0.3, -0.25) is 0 Å². The molecule has 16 heavy (non-hydrogen) atoms. The van der Waals surface area contributed by atoms with Gasteiger partial charge in [-0.1, -0.05) is 33.6 Å². The normalized spacial score (nSPS) is 12.7. The van der Waals surface area contributed by atoms with Gasteiger partial charge < -0.3 is 5.32 Å². The van der Waals surface area contributed by atoms with Gasteiger partial charge in [0, 0.05) is 18.7 Å². The van der Waals surface area contributed by atoms with Gasteiger partial charge >= 0.3 is 0 Å². The SMILES string of the molecule is CCCCn1nccc1NC(CC)CCC. The van der Waals surface area contributed by atoms with Crippen LogP contribution < -0.4 is 5.32 Å². The fourth-order valence-electron chi connectivity index (χ4n) is 1.88. The van der Waals surface area contributed by atoms with Gasteiger partial charge in [0.2, 0.25) is 0 Å². The monoisotopic (exact) mass is 223 g/mol. The van der Waals surface area contributed by atoms with Crippen LogP contribution in [0.1, 0.15) is 52.9 Å². The Labute approximate surface area is 99.2 Å². The van der Waals surface area contributed by atoms with Crippen LogP contribution in [0.4, 0.5) is 5.82 Å². The van der Waals surface area contributed by atoms with Gasteiger partial charge in [0.1, 0.15) is 5.82 Å². The lowest BCUT2D eigenvalue weighted by Gasteiger charge is -2.18. The van der Waals surface area contributed by atoms with Gasteiger partial charge in [0.05, 0.1) is 6.20 Å². The fraction of sp³-hybridized carbons (Fsp3) is 0.769. The second-order valence-electron chi connectivity index (χ2n) is 4.33. The van der Waals surface area contributed by atoms with E-state index in [0.717, 1.165) is 6.54 Å². The number of unbranched alkanes of at least 4 members (excludes halogenated alkanes) is 1. The summed E-state index contributed by atoms with van der Waals surface area (Å²) in [6.45, 7) is 7.70. The highest BCUT2D eigenvalue weighted by Gasteiger charge is 2.08. The molecule has 0 saturated carbocycles. The molecule has 0 aliphatic carbocycles. The summed E-state index contributed by atoms with van der Waals surface area (Å²) in [6, 6.07) is 2.66. The Balaban J connectivity index is 2.54. The average molecular weight is 223 g/mol. The lowest BCUT2D eigenvalue weighted by atomic mass is 10.1. The first-order chi connectivity index (χ1) is 7.81. The topological polar surface area (TPSA) is 29.9 Å². The maximum Gasteiger partial charge on any atom is 0.124 e. The Kier molecular flexibility index (Phi) is 5.98. The number of hydrogen-bond acceptors (Lipinski definition) is 2. The van der Waals surface area contributed by atoms with Crippen LogP contribution in [0.15, 0.2) is 12.3 Å². The number of nitrogens with one attached hydrogen (secondary N) is 1. The third-order valence-electron chi connectivity index (χ3n) is 2.92. The zero-order valence-corrected chi connectivity index (χ0v) is 10.9. The Morgan fingerprint density at radius 1 is 1.31 bits per heavy atom. The average Bonchev–Trinajstić information content (AvgIpc) is 2.73. The predicted octanol–water partition coefficient (Wildman–Crippen LogP) is 3.67. The van der Waals surface area contributed by atoms with Crippen molar-refractivity contribution in [2.75, 3.05) is 5.32 Å². The maximum absolute atomic E-state index is 4.36. The van der Waals surface area contributed by atoms with E-state index >= 15 is 0 Å². The molecule has 3 heteroatoms. The molecule has 3 nitrogen and oxygen atoms in total. The lowest BCUT2D eigenvalue weighted by molar-refractivity contribution is 0.560. The number of aromatic nitrogens is 2. The minimum atomic E-state index is 0.585. The molecule has 1 unspecified atom stereocenters. The summed E-state index contributed by atoms with van der Waals surface area (Å²) in [4.78, 5) is 0. The van der Waals surface area contributed by atoms with Crippen LogP contribution in [0.5, 0.6) is 0 Å². The van der Waals surface area contributed by atoms with Crippen LogP contribution in [-0.4, -0.2) is 15.8 Å². The Morgan fingerprint density at radius 2 is 2.12 bits per heavy atom. The first kappa shape index (κ1) is 13.1. The molecule has 0 spiro atoms. The number of anilines is 1. The highest BCUT2D eigenvalue weighted by atomic mass is 15.3. The van der Waals surface area contributed by atoms with E-state index < -0.39 is 0 Å². The van der Waals surface area contributed by atoms with Crippen molar-refractivity contribution in [3.8, 4) is 0 Å². The van der Waals surface area contributed by atoms with Gasteiger partial charge in [0.25, 0.3) is 0 Å². The van der Waals surface area contributed by atoms with Gasteiger partial charge in [0.15, 0.2) is 0 Å². The van der Waals surface area contributed by atoms with Crippen molar-refractivity contribution in [1.82, 2.24) is 9.78 Å². The zero-order valence-electron chi connectivity index (χ0n) is 10.9. The first-order valence-corrected chi connectivity index (χ1v) is 6.60. The summed E-state index contributed by atoms with van der Waals surface area (Å²) < 4.78 is 2.09. The third-order valence-corrected chi connectivity index (χ3v) is 2.92. The molecule has 92 valence electrons. The highest BCUT2D eigenvalue weighted by molar-refractivity contribution is 5.35. The predicted molar refractivity (Wildman–Crippen MR) is 69.7 cm³/mol. The van der Waals surface area contributed by atoms with Crippen molar-refractivity contribution in [3.05, 3.63) is 12.3 Å². The molecule has 0 aromatic carbocycles. The second kappa shape index (κ2) is 7.31. The standard InChI is InChI=1S/C13H25N3/c1-4-7-11-16-13(9-10-14-16)15-12(6-3)8-5-2/h9-10,12,15H,4-8,11H2,1-3H3. The maximum atomic E-state index is 4.36. The van der Waals surface area contributed by atoms with Crippen molar-refractivity contribution in [2.45, 2.75) is 65.5 Å². The number of rotatable bonds is 8. The van der Waals surface area contributed by atoms with Crippen LogP contribution in [-0.2, 0) is 6.54 Å². The molecule has 0 saturated heterocycles. The van der Waals surface area contributed by atoms with E-state index in [9.17, 15) is 0 Å². The Hall–Kier alpha value is -0.990. The Morgan fingerprint density at radius 3 is 2.75 bits per heavy atom. The van der Waals surface area contributed by atoms with Crippen LogP contribution in [0, 0.1) is 0 Å². The molecule has 0 aliphatic rings. The molecule has 0 aliphatic heterocycles. The molecule has 0 fully saturated rings. The van der Waals surface area contributed by atoms with Gasteiger partial charge in [-0.25, -0.2) is 4.68 Å². The minimum absolute atomic E-state index is 0.585. The molecule has 0 radical (unpaired) electrons. The summed E-state index contributed by atoms with van der Waals surface area (Å²) in [5, 5.41) is 7.94. The van der Waals surface area contributed by atoms with Crippen LogP contribution in [0.3, 0.4) is 0 Å². The molecule has 1 aromatic heterocycles. The van der Waals surface area contributed by atoms with Crippen molar-refractivity contribution < 1.29 is 0 Å². The summed E-state index contributed by atoms with van der Waals surface area (Å²) >= 11 is 0. The van der Waals surface area contributed by atoms with Crippen LogP contribution in [0.2, 0.25) is 0 Å². The first-order valence-electron chi connectivity index (χ1n) is 6.60. The van der Waals surface area contributed by atoms with Gasteiger partial charge in [-0.15, -0.1) is 0 Å². The molecular formula is C13H25N3. The summed E-state index contributed by atoms with van der Waals surface area (Å²) in [5.74, 6) is 1.17. The molecular weight excluding hydrogens is 198 g/mol. The molecule has 1 atom stereocenters. The number of hydrogen-bond donors (Lipinski definition) is 1. The van der Waals surface area contributed by atoms with Crippen molar-refractivity contribution in [1.29, 1.82) is 0 Å². The quantitative estimate of drug-likeness (QED) is 0.728. The summed E-state index contributed by atoms with van der Waals surface area (Å²) in [6.07, 6.45) is 7.93. The van der Waals surface area contributed by atoms with Crippen LogP contribution >= 0.6 is 0 Å². The van der Waals surface area contributed by atoms with E-state index in [4.69, 9.17) is 0 Å². The molecule has 1 aromatic rings. The van der Waals surface area contributed by atoms with E-state index in [1.807, 2.05) is 6.20 Å². The van der Waals surface area contributed by atoms with Crippen molar-refractivity contribution >= 4 is 5.82 Å². The molecule has 1 rings (SSSR count). The van der Waals surface area contributed by atoms with Crippen molar-refractivity contribution in [2.24, 2.45) is 0 Å². The van der Waals surface area contributed by atoms with E-state index in [2.05, 4.69) is 41.9 Å². The largest absolute Gasteiger partial charge is 0.368 e. The summed E-state index contributed by atoms with van der Waals surface area (Å²) in [5.41, 5.74) is 0. The lowest BCUT2D eigenvalue weighted by Crippen LogP contribution is -2.20. The van der Waals surface area contributed by atoms with Gasteiger partial charge in [-0.05, 0) is 19.3 Å². The minimum Gasteiger partial charge on any atom is -0.368 e. The summed E-state index contributed by atoms with van der Waals surface area (Å²) in [7, 11) is 0. The van der Waals surface area contributed by atoms with E-state index in [-0.39, 0.29) is 0 Å². The number of nitrogens with zero attached hydrogens (tertiary/aromatic N) is 2. The molecule has 1 N–H and O–H groups in total.